The number of guanidine groups is 1. The second kappa shape index (κ2) is 12.8. The molecule has 9 heteroatoms. The van der Waals surface area contributed by atoms with Crippen molar-refractivity contribution in [2.75, 3.05) is 27.2 Å². The smallest absolute Gasteiger partial charge is 0.243 e. The van der Waals surface area contributed by atoms with Gasteiger partial charge in [-0.15, -0.1) is 24.0 Å². The van der Waals surface area contributed by atoms with Gasteiger partial charge in [0.1, 0.15) is 12.4 Å². The van der Waals surface area contributed by atoms with Crippen molar-refractivity contribution in [2.45, 2.75) is 31.3 Å². The van der Waals surface area contributed by atoms with Crippen LogP contribution in [0.15, 0.2) is 64.5 Å². The number of sulfonamides is 1. The number of benzene rings is 2. The summed E-state index contributed by atoms with van der Waals surface area (Å²) in [5, 5.41) is 6.39. The third-order valence-electron chi connectivity index (χ3n) is 4.42. The molecule has 0 saturated heterocycles. The normalized spacial score (nSPS) is 11.9. The Bertz CT molecular complexity index is 888. The number of nitrogens with one attached hydrogen (secondary N) is 2. The molecule has 0 aromatic heterocycles. The highest BCUT2D eigenvalue weighted by Crippen LogP contribution is 2.17. The molecule has 0 bridgehead atoms. The molecule has 166 valence electrons. The lowest BCUT2D eigenvalue weighted by molar-refractivity contribution is 0.322. The van der Waals surface area contributed by atoms with Gasteiger partial charge >= 0.3 is 0 Å². The van der Waals surface area contributed by atoms with E-state index in [9.17, 15) is 8.42 Å². The molecule has 0 aliphatic heterocycles. The summed E-state index contributed by atoms with van der Waals surface area (Å²) in [4.78, 5) is 4.47. The van der Waals surface area contributed by atoms with Gasteiger partial charge < -0.3 is 15.4 Å². The van der Waals surface area contributed by atoms with E-state index in [0.29, 0.717) is 25.7 Å². The van der Waals surface area contributed by atoms with Crippen LogP contribution in [0.1, 0.15) is 19.4 Å². The van der Waals surface area contributed by atoms with Crippen LogP contribution in [0.2, 0.25) is 0 Å². The van der Waals surface area contributed by atoms with E-state index in [0.717, 1.165) is 11.3 Å². The molecule has 0 radical (unpaired) electrons. The Labute approximate surface area is 197 Å². The van der Waals surface area contributed by atoms with Crippen LogP contribution in [0.3, 0.4) is 0 Å². The van der Waals surface area contributed by atoms with Gasteiger partial charge in [-0.2, -0.15) is 4.31 Å². The molecule has 0 heterocycles. The van der Waals surface area contributed by atoms with Crippen LogP contribution in [-0.4, -0.2) is 52.0 Å². The van der Waals surface area contributed by atoms with Crippen molar-refractivity contribution in [2.24, 2.45) is 4.99 Å². The lowest BCUT2D eigenvalue weighted by Gasteiger charge is -2.21. The first-order valence-electron chi connectivity index (χ1n) is 9.54. The standard InChI is InChI=1S/C21H30N4O3S.HI/c1-17(2)25(4)29(26,27)20-12-10-18(11-13-20)16-24-21(22-3)23-14-15-28-19-8-6-5-7-9-19;/h5-13,17H,14-16H2,1-4H3,(H2,22,23,24);1H. The van der Waals surface area contributed by atoms with Crippen LogP contribution >= 0.6 is 24.0 Å². The molecule has 30 heavy (non-hydrogen) atoms. The third-order valence-corrected chi connectivity index (χ3v) is 6.47. The average Bonchev–Trinajstić information content (AvgIpc) is 2.73. The van der Waals surface area contributed by atoms with Gasteiger partial charge in [0, 0.05) is 26.7 Å². The predicted octanol–water partition coefficient (Wildman–Crippen LogP) is 3.08. The van der Waals surface area contributed by atoms with E-state index in [1.807, 2.05) is 44.2 Å². The van der Waals surface area contributed by atoms with Crippen molar-refractivity contribution in [3.8, 4) is 5.75 Å². The van der Waals surface area contributed by atoms with E-state index < -0.39 is 10.0 Å². The highest BCUT2D eigenvalue weighted by Gasteiger charge is 2.22. The van der Waals surface area contributed by atoms with E-state index in [1.54, 1.807) is 38.4 Å². The van der Waals surface area contributed by atoms with Crippen LogP contribution < -0.4 is 15.4 Å². The zero-order chi connectivity index (χ0) is 21.3. The lowest BCUT2D eigenvalue weighted by atomic mass is 10.2. The fourth-order valence-corrected chi connectivity index (χ4v) is 3.85. The second-order valence-corrected chi connectivity index (χ2v) is 8.77. The van der Waals surface area contributed by atoms with Gasteiger partial charge in [0.15, 0.2) is 5.96 Å². The maximum absolute atomic E-state index is 12.5. The number of rotatable bonds is 9. The van der Waals surface area contributed by atoms with Gasteiger partial charge in [0.25, 0.3) is 0 Å². The number of para-hydroxylation sites is 1. The van der Waals surface area contributed by atoms with Gasteiger partial charge in [-0.25, -0.2) is 8.42 Å². The maximum atomic E-state index is 12.5. The molecule has 0 unspecified atom stereocenters. The number of ether oxygens (including phenoxy) is 1. The minimum atomic E-state index is -3.47. The van der Waals surface area contributed by atoms with E-state index in [-0.39, 0.29) is 34.9 Å². The van der Waals surface area contributed by atoms with E-state index in [4.69, 9.17) is 4.74 Å². The van der Waals surface area contributed by atoms with Crippen molar-refractivity contribution in [1.29, 1.82) is 0 Å². The highest BCUT2D eigenvalue weighted by atomic mass is 127. The van der Waals surface area contributed by atoms with Crippen molar-refractivity contribution in [3.63, 3.8) is 0 Å². The molecule has 2 aromatic rings. The van der Waals surface area contributed by atoms with Crippen molar-refractivity contribution in [3.05, 3.63) is 60.2 Å². The zero-order valence-electron chi connectivity index (χ0n) is 17.8. The largest absolute Gasteiger partial charge is 0.492 e. The van der Waals surface area contributed by atoms with E-state index in [2.05, 4.69) is 15.6 Å². The predicted molar refractivity (Wildman–Crippen MR) is 132 cm³/mol. The lowest BCUT2D eigenvalue weighted by Crippen LogP contribution is -2.38. The van der Waals surface area contributed by atoms with Crippen molar-refractivity contribution < 1.29 is 13.2 Å². The SMILES string of the molecule is CN=C(NCCOc1ccccc1)NCc1ccc(S(=O)(=O)N(C)C(C)C)cc1.I. The van der Waals surface area contributed by atoms with E-state index >= 15 is 0 Å². The number of aliphatic imine (C=N–C) groups is 1. The summed E-state index contributed by atoms with van der Waals surface area (Å²) in [7, 11) is -0.177. The average molecular weight is 546 g/mol. The molecule has 0 spiro atoms. The molecular weight excluding hydrogens is 515 g/mol. The summed E-state index contributed by atoms with van der Waals surface area (Å²) < 4.78 is 32.0. The summed E-state index contributed by atoms with van der Waals surface area (Å²) in [5.74, 6) is 1.48. The molecule has 0 aliphatic rings. The first-order valence-corrected chi connectivity index (χ1v) is 11.0. The van der Waals surface area contributed by atoms with Gasteiger partial charge in [-0.1, -0.05) is 30.3 Å². The summed E-state index contributed by atoms with van der Waals surface area (Å²) in [6.45, 7) is 5.34. The van der Waals surface area contributed by atoms with Gasteiger partial charge in [0.2, 0.25) is 10.0 Å². The van der Waals surface area contributed by atoms with E-state index in [1.165, 1.54) is 4.31 Å². The number of hydrogen-bond donors (Lipinski definition) is 2. The molecule has 7 nitrogen and oxygen atoms in total. The van der Waals surface area contributed by atoms with Crippen LogP contribution in [0.4, 0.5) is 0 Å². The Balaban J connectivity index is 0.00000450. The molecule has 0 fully saturated rings. The molecule has 0 aliphatic carbocycles. The van der Waals surface area contributed by atoms with Crippen LogP contribution in [-0.2, 0) is 16.6 Å². The third kappa shape index (κ3) is 7.77. The number of hydrogen-bond acceptors (Lipinski definition) is 4. The van der Waals surface area contributed by atoms with Crippen molar-refractivity contribution >= 4 is 40.0 Å². The summed E-state index contributed by atoms with van der Waals surface area (Å²) in [6, 6.07) is 16.4. The molecule has 0 amide bonds. The summed E-state index contributed by atoms with van der Waals surface area (Å²) in [6.07, 6.45) is 0. The minimum absolute atomic E-state index is 0. The zero-order valence-corrected chi connectivity index (χ0v) is 21.0. The monoisotopic (exact) mass is 546 g/mol. The fraction of sp³-hybridized carbons (Fsp3) is 0.381. The first kappa shape index (κ1) is 26.2. The fourth-order valence-electron chi connectivity index (χ4n) is 2.48. The molecule has 2 N–H and O–H groups in total. The topological polar surface area (TPSA) is 83.0 Å². The minimum Gasteiger partial charge on any atom is -0.492 e. The van der Waals surface area contributed by atoms with Gasteiger partial charge in [0.05, 0.1) is 11.4 Å². The first-order chi connectivity index (χ1) is 13.8. The molecule has 0 atom stereocenters. The Morgan fingerprint density at radius 2 is 1.70 bits per heavy atom. The van der Waals surface area contributed by atoms with Gasteiger partial charge in [-0.05, 0) is 43.7 Å². The Morgan fingerprint density at radius 3 is 2.27 bits per heavy atom. The Morgan fingerprint density at radius 1 is 1.07 bits per heavy atom. The quantitative estimate of drug-likeness (QED) is 0.219. The highest BCUT2D eigenvalue weighted by molar-refractivity contribution is 14.0. The number of halogens is 1. The van der Waals surface area contributed by atoms with Crippen LogP contribution in [0.25, 0.3) is 0 Å². The molecule has 2 aromatic carbocycles. The number of nitrogens with zero attached hydrogens (tertiary/aromatic N) is 2. The van der Waals surface area contributed by atoms with Crippen LogP contribution in [0, 0.1) is 0 Å². The molecular formula is C21H31IN4O3S. The second-order valence-electron chi connectivity index (χ2n) is 6.77. The molecule has 0 saturated carbocycles. The van der Waals surface area contributed by atoms with Crippen LogP contribution in [0.5, 0.6) is 5.75 Å². The molecule has 2 rings (SSSR count). The maximum Gasteiger partial charge on any atom is 0.243 e. The summed E-state index contributed by atoms with van der Waals surface area (Å²) >= 11 is 0. The Kier molecular flexibility index (Phi) is 11.1. The Hall–Kier alpha value is -1.85. The summed E-state index contributed by atoms with van der Waals surface area (Å²) in [5.41, 5.74) is 0.958. The van der Waals surface area contributed by atoms with Gasteiger partial charge in [-0.3, -0.25) is 4.99 Å². The van der Waals surface area contributed by atoms with Crippen molar-refractivity contribution in [1.82, 2.24) is 14.9 Å².